The van der Waals surface area contributed by atoms with Gasteiger partial charge in [-0.05, 0) is 19.3 Å². The topological polar surface area (TPSA) is 64.2 Å². The van der Waals surface area contributed by atoms with Gasteiger partial charge in [-0.2, -0.15) is 5.26 Å². The van der Waals surface area contributed by atoms with Crippen LogP contribution in [0.1, 0.15) is 19.3 Å². The zero-order chi connectivity index (χ0) is 7.11. The van der Waals surface area contributed by atoms with E-state index in [2.05, 4.69) is 0 Å². The van der Waals surface area contributed by atoms with Crippen LogP contribution in [-0.4, -0.2) is 22.9 Å². The molecular weight excluding hydrogens is 118 g/mol. The number of unbranched alkanes of at least 4 members (excludes halogenated alkanes) is 1. The van der Waals surface area contributed by atoms with Gasteiger partial charge in [-0.3, -0.25) is 0 Å². The predicted octanol–water partition coefficient (Wildman–Crippen LogP) is 0.0335. The minimum Gasteiger partial charge on any atom is -0.396 e. The number of rotatable bonds is 4. The fraction of sp³-hybridized carbons (Fsp3) is 0.833. The predicted molar refractivity (Wildman–Crippen MR) is 32.6 cm³/mol. The fourth-order valence-corrected chi connectivity index (χ4v) is 0.514. The van der Waals surface area contributed by atoms with Gasteiger partial charge in [0.25, 0.3) is 0 Å². The van der Waals surface area contributed by atoms with E-state index < -0.39 is 6.10 Å². The first-order valence-electron chi connectivity index (χ1n) is 2.99. The minimum absolute atomic E-state index is 0.137. The van der Waals surface area contributed by atoms with Crippen molar-refractivity contribution < 1.29 is 10.2 Å². The third-order valence-electron chi connectivity index (χ3n) is 1.03. The molecule has 0 radical (unpaired) electrons. The molecule has 9 heavy (non-hydrogen) atoms. The highest BCUT2D eigenvalue weighted by molar-refractivity contribution is 4.81. The molecule has 0 aliphatic carbocycles. The highest BCUT2D eigenvalue weighted by Gasteiger charge is 1.98. The molecule has 0 saturated heterocycles. The molecule has 0 rings (SSSR count). The van der Waals surface area contributed by atoms with Crippen LogP contribution in [0, 0.1) is 11.3 Å². The van der Waals surface area contributed by atoms with E-state index in [-0.39, 0.29) is 6.61 Å². The molecule has 0 fully saturated rings. The summed E-state index contributed by atoms with van der Waals surface area (Å²) in [6.07, 6.45) is 0.998. The van der Waals surface area contributed by atoms with Gasteiger partial charge in [-0.25, -0.2) is 0 Å². The van der Waals surface area contributed by atoms with E-state index in [4.69, 9.17) is 15.5 Å². The van der Waals surface area contributed by atoms with Crippen LogP contribution in [0.2, 0.25) is 0 Å². The Morgan fingerprint density at radius 2 is 2.11 bits per heavy atom. The molecule has 0 saturated carbocycles. The molecular formula is C6H11NO2. The second kappa shape index (κ2) is 5.54. The van der Waals surface area contributed by atoms with Crippen LogP contribution in [0.3, 0.4) is 0 Å². The van der Waals surface area contributed by atoms with Gasteiger partial charge in [0.05, 0.1) is 6.07 Å². The Hall–Kier alpha value is -0.590. The average molecular weight is 129 g/mol. The monoisotopic (exact) mass is 129 g/mol. The summed E-state index contributed by atoms with van der Waals surface area (Å²) >= 11 is 0. The molecule has 0 aromatic carbocycles. The number of aliphatic hydroxyl groups is 2. The summed E-state index contributed by atoms with van der Waals surface area (Å²) < 4.78 is 0. The Labute approximate surface area is 54.5 Å². The lowest BCUT2D eigenvalue weighted by Gasteiger charge is -1.97. The third kappa shape index (κ3) is 5.28. The fourth-order valence-electron chi connectivity index (χ4n) is 0.514. The molecule has 3 heteroatoms. The summed E-state index contributed by atoms with van der Waals surface area (Å²) in [5.74, 6) is 0. The van der Waals surface area contributed by atoms with Crippen molar-refractivity contribution in [2.45, 2.75) is 25.4 Å². The first-order chi connectivity index (χ1) is 4.31. The summed E-state index contributed by atoms with van der Waals surface area (Å²) in [7, 11) is 0. The van der Waals surface area contributed by atoms with Gasteiger partial charge >= 0.3 is 0 Å². The maximum atomic E-state index is 8.64. The molecule has 52 valence electrons. The number of nitriles is 1. The first kappa shape index (κ1) is 8.41. The number of hydrogen-bond acceptors (Lipinski definition) is 3. The zero-order valence-electron chi connectivity index (χ0n) is 5.25. The zero-order valence-corrected chi connectivity index (χ0v) is 5.25. The van der Waals surface area contributed by atoms with Crippen molar-refractivity contribution in [3.05, 3.63) is 0 Å². The van der Waals surface area contributed by atoms with Crippen molar-refractivity contribution in [2.75, 3.05) is 6.61 Å². The van der Waals surface area contributed by atoms with Crippen LogP contribution in [-0.2, 0) is 0 Å². The van der Waals surface area contributed by atoms with Crippen molar-refractivity contribution in [3.63, 3.8) is 0 Å². The van der Waals surface area contributed by atoms with Crippen LogP contribution in [0.5, 0.6) is 0 Å². The second-order valence-electron chi connectivity index (χ2n) is 1.86. The van der Waals surface area contributed by atoms with E-state index in [1.54, 1.807) is 6.07 Å². The molecule has 0 bridgehead atoms. The van der Waals surface area contributed by atoms with Crippen LogP contribution in [0.15, 0.2) is 0 Å². The van der Waals surface area contributed by atoms with Gasteiger partial charge in [0.1, 0.15) is 6.10 Å². The van der Waals surface area contributed by atoms with E-state index in [1.807, 2.05) is 0 Å². The molecule has 0 aliphatic heterocycles. The van der Waals surface area contributed by atoms with Crippen molar-refractivity contribution in [2.24, 2.45) is 0 Å². The molecule has 0 aromatic rings. The minimum atomic E-state index is -0.850. The summed E-state index contributed by atoms with van der Waals surface area (Å²) in [5, 5.41) is 25.0. The van der Waals surface area contributed by atoms with Crippen molar-refractivity contribution >= 4 is 0 Å². The summed E-state index contributed by atoms with van der Waals surface area (Å²) in [6, 6.07) is 1.70. The van der Waals surface area contributed by atoms with Gasteiger partial charge in [-0.15, -0.1) is 0 Å². The lowest BCUT2D eigenvalue weighted by molar-refractivity contribution is 0.207. The summed E-state index contributed by atoms with van der Waals surface area (Å²) in [5.41, 5.74) is 0. The number of aliphatic hydroxyl groups excluding tert-OH is 2. The normalized spacial score (nSPS) is 12.6. The Kier molecular flexibility index (Phi) is 5.18. The van der Waals surface area contributed by atoms with E-state index >= 15 is 0 Å². The number of nitrogens with zero attached hydrogens (tertiary/aromatic N) is 1. The van der Waals surface area contributed by atoms with E-state index in [0.29, 0.717) is 19.3 Å². The Balaban J connectivity index is 2.99. The van der Waals surface area contributed by atoms with Crippen molar-refractivity contribution in [1.29, 1.82) is 5.26 Å². The van der Waals surface area contributed by atoms with Crippen LogP contribution < -0.4 is 0 Å². The molecule has 2 N–H and O–H groups in total. The highest BCUT2D eigenvalue weighted by atomic mass is 16.3. The maximum absolute atomic E-state index is 8.64. The van der Waals surface area contributed by atoms with Gasteiger partial charge in [0, 0.05) is 6.61 Å². The first-order valence-corrected chi connectivity index (χ1v) is 2.99. The molecule has 0 spiro atoms. The van der Waals surface area contributed by atoms with Gasteiger partial charge in [0.15, 0.2) is 0 Å². The van der Waals surface area contributed by atoms with Crippen molar-refractivity contribution in [1.82, 2.24) is 0 Å². The molecule has 0 aromatic heterocycles. The molecule has 0 heterocycles. The van der Waals surface area contributed by atoms with Crippen LogP contribution in [0.25, 0.3) is 0 Å². The lowest BCUT2D eigenvalue weighted by Crippen LogP contribution is -2.01. The average Bonchev–Trinajstić information content (AvgIpc) is 1.89. The molecule has 0 unspecified atom stereocenters. The van der Waals surface area contributed by atoms with Crippen molar-refractivity contribution in [3.8, 4) is 6.07 Å². The standard InChI is InChI=1S/C6H11NO2/c7-5-6(9)3-1-2-4-8/h6,8-9H,1-4H2/t6-/m0/s1. The van der Waals surface area contributed by atoms with E-state index in [1.165, 1.54) is 0 Å². The van der Waals surface area contributed by atoms with E-state index in [0.717, 1.165) is 0 Å². The van der Waals surface area contributed by atoms with Gasteiger partial charge in [-0.1, -0.05) is 0 Å². The Morgan fingerprint density at radius 1 is 1.44 bits per heavy atom. The summed E-state index contributed by atoms with van der Waals surface area (Å²) in [4.78, 5) is 0. The van der Waals surface area contributed by atoms with Crippen LogP contribution >= 0.6 is 0 Å². The molecule has 3 nitrogen and oxygen atoms in total. The smallest absolute Gasteiger partial charge is 0.140 e. The molecule has 1 atom stereocenters. The highest BCUT2D eigenvalue weighted by Crippen LogP contribution is 1.97. The maximum Gasteiger partial charge on any atom is 0.140 e. The SMILES string of the molecule is N#C[C@@H](O)CCCCO. The van der Waals surface area contributed by atoms with E-state index in [9.17, 15) is 0 Å². The lowest BCUT2D eigenvalue weighted by atomic mass is 10.2. The second-order valence-corrected chi connectivity index (χ2v) is 1.86. The van der Waals surface area contributed by atoms with Gasteiger partial charge < -0.3 is 10.2 Å². The summed E-state index contributed by atoms with van der Waals surface area (Å²) in [6.45, 7) is 0.137. The third-order valence-corrected chi connectivity index (χ3v) is 1.03. The molecule has 0 aliphatic rings. The Bertz CT molecular complexity index is 97.7. The quantitative estimate of drug-likeness (QED) is 0.416. The number of hydrogen-bond donors (Lipinski definition) is 2. The Morgan fingerprint density at radius 3 is 2.56 bits per heavy atom. The van der Waals surface area contributed by atoms with Gasteiger partial charge in [0.2, 0.25) is 0 Å². The largest absolute Gasteiger partial charge is 0.396 e. The van der Waals surface area contributed by atoms with Crippen LogP contribution in [0.4, 0.5) is 0 Å². The molecule has 0 amide bonds.